The standard InChI is InChI=1S/C16H13F3N2O/c1-9-6-13(10-2-3-12(17)11(7-10)8-20)21-5-4-16(18,19)15(22)14(9)21/h2-3,6-7,15,22H,4-5H2,1H3/t15-/m0/s1. The van der Waals surface area contributed by atoms with E-state index in [1.165, 1.54) is 18.2 Å². The molecule has 6 heteroatoms. The zero-order chi connectivity index (χ0) is 16.1. The van der Waals surface area contributed by atoms with Gasteiger partial charge in [-0.1, -0.05) is 0 Å². The molecule has 1 N–H and O–H groups in total. The highest BCUT2D eigenvalue weighted by atomic mass is 19.3. The molecule has 1 aromatic heterocycles. The van der Waals surface area contributed by atoms with Crippen molar-refractivity contribution < 1.29 is 18.3 Å². The number of hydrogen-bond donors (Lipinski definition) is 1. The molecule has 0 saturated heterocycles. The summed E-state index contributed by atoms with van der Waals surface area (Å²) < 4.78 is 42.4. The first-order valence-corrected chi connectivity index (χ1v) is 6.81. The number of benzene rings is 1. The fourth-order valence-electron chi connectivity index (χ4n) is 2.91. The molecule has 1 aromatic carbocycles. The van der Waals surface area contributed by atoms with E-state index in [-0.39, 0.29) is 17.8 Å². The monoisotopic (exact) mass is 306 g/mol. The number of aromatic nitrogens is 1. The second kappa shape index (κ2) is 4.89. The number of aliphatic hydroxyl groups is 1. The Hall–Kier alpha value is -2.26. The fourth-order valence-corrected chi connectivity index (χ4v) is 2.91. The van der Waals surface area contributed by atoms with Gasteiger partial charge in [-0.15, -0.1) is 0 Å². The van der Waals surface area contributed by atoms with Crippen LogP contribution in [0.4, 0.5) is 13.2 Å². The van der Waals surface area contributed by atoms with Crippen LogP contribution in [0, 0.1) is 24.1 Å². The van der Waals surface area contributed by atoms with E-state index in [9.17, 15) is 18.3 Å². The predicted molar refractivity (Wildman–Crippen MR) is 73.8 cm³/mol. The van der Waals surface area contributed by atoms with Gasteiger partial charge in [-0.05, 0) is 42.3 Å². The first kappa shape index (κ1) is 14.7. The Morgan fingerprint density at radius 3 is 2.77 bits per heavy atom. The SMILES string of the molecule is Cc1cc(-c2ccc(F)c(C#N)c2)n2c1[C@H](O)C(F)(F)CC2. The molecule has 0 radical (unpaired) electrons. The van der Waals surface area contributed by atoms with E-state index in [4.69, 9.17) is 5.26 Å². The summed E-state index contributed by atoms with van der Waals surface area (Å²) in [5, 5.41) is 18.8. The second-order valence-electron chi connectivity index (χ2n) is 5.47. The normalized spacial score (nSPS) is 19.5. The maximum absolute atomic E-state index is 13.7. The molecule has 1 aliphatic rings. The zero-order valence-corrected chi connectivity index (χ0v) is 11.8. The van der Waals surface area contributed by atoms with Crippen LogP contribution < -0.4 is 0 Å². The number of alkyl halides is 2. The molecule has 0 amide bonds. The lowest BCUT2D eigenvalue weighted by atomic mass is 10.0. The predicted octanol–water partition coefficient (Wildman–Crippen LogP) is 3.55. The molecule has 0 bridgehead atoms. The average molecular weight is 306 g/mol. The summed E-state index contributed by atoms with van der Waals surface area (Å²) in [6, 6.07) is 7.50. The summed E-state index contributed by atoms with van der Waals surface area (Å²) in [7, 11) is 0. The molecule has 1 aliphatic heterocycles. The number of aliphatic hydroxyl groups excluding tert-OH is 1. The van der Waals surface area contributed by atoms with Gasteiger partial charge < -0.3 is 9.67 Å². The third-order valence-electron chi connectivity index (χ3n) is 4.05. The van der Waals surface area contributed by atoms with Gasteiger partial charge in [-0.2, -0.15) is 5.26 Å². The first-order valence-electron chi connectivity index (χ1n) is 6.81. The largest absolute Gasteiger partial charge is 0.381 e. The van der Waals surface area contributed by atoms with Gasteiger partial charge in [0.2, 0.25) is 0 Å². The smallest absolute Gasteiger partial charge is 0.280 e. The molecule has 2 aromatic rings. The van der Waals surface area contributed by atoms with Crippen molar-refractivity contribution in [1.82, 2.24) is 4.57 Å². The Morgan fingerprint density at radius 2 is 2.09 bits per heavy atom. The molecular formula is C16H13F3N2O. The van der Waals surface area contributed by atoms with Crippen LogP contribution in [0.3, 0.4) is 0 Å². The van der Waals surface area contributed by atoms with Crippen LogP contribution in [0.5, 0.6) is 0 Å². The lowest BCUT2D eigenvalue weighted by molar-refractivity contribution is -0.131. The second-order valence-corrected chi connectivity index (χ2v) is 5.47. The van der Waals surface area contributed by atoms with E-state index < -0.39 is 24.3 Å². The van der Waals surface area contributed by atoms with Crippen LogP contribution >= 0.6 is 0 Å². The van der Waals surface area contributed by atoms with E-state index in [0.29, 0.717) is 16.8 Å². The lowest BCUT2D eigenvalue weighted by Crippen LogP contribution is -2.35. The van der Waals surface area contributed by atoms with Crippen molar-refractivity contribution in [2.75, 3.05) is 0 Å². The van der Waals surface area contributed by atoms with Gasteiger partial charge in [-0.3, -0.25) is 0 Å². The quantitative estimate of drug-likeness (QED) is 0.876. The van der Waals surface area contributed by atoms with Crippen molar-refractivity contribution in [1.29, 1.82) is 5.26 Å². The van der Waals surface area contributed by atoms with Crippen molar-refractivity contribution in [2.24, 2.45) is 0 Å². The number of nitrogens with zero attached hydrogens (tertiary/aromatic N) is 2. The number of aryl methyl sites for hydroxylation is 1. The molecule has 0 saturated carbocycles. The first-order chi connectivity index (χ1) is 10.3. The molecule has 2 heterocycles. The van der Waals surface area contributed by atoms with E-state index in [1.807, 2.05) is 0 Å². The van der Waals surface area contributed by atoms with Crippen LogP contribution in [-0.4, -0.2) is 15.6 Å². The van der Waals surface area contributed by atoms with E-state index in [1.54, 1.807) is 23.6 Å². The van der Waals surface area contributed by atoms with Crippen molar-refractivity contribution in [2.45, 2.75) is 31.9 Å². The van der Waals surface area contributed by atoms with Crippen molar-refractivity contribution in [3.8, 4) is 17.3 Å². The summed E-state index contributed by atoms with van der Waals surface area (Å²) in [4.78, 5) is 0. The molecule has 3 rings (SSSR count). The summed E-state index contributed by atoms with van der Waals surface area (Å²) in [5.41, 5.74) is 1.77. The Morgan fingerprint density at radius 1 is 1.36 bits per heavy atom. The zero-order valence-electron chi connectivity index (χ0n) is 11.8. The summed E-state index contributed by atoms with van der Waals surface area (Å²) in [6.07, 6.45) is -2.32. The molecule has 0 fully saturated rings. The summed E-state index contributed by atoms with van der Waals surface area (Å²) >= 11 is 0. The van der Waals surface area contributed by atoms with Gasteiger partial charge >= 0.3 is 0 Å². The number of rotatable bonds is 1. The van der Waals surface area contributed by atoms with E-state index in [2.05, 4.69) is 0 Å². The topological polar surface area (TPSA) is 49.0 Å². The highest BCUT2D eigenvalue weighted by Gasteiger charge is 2.45. The van der Waals surface area contributed by atoms with Crippen LogP contribution in [0.15, 0.2) is 24.3 Å². The molecule has 22 heavy (non-hydrogen) atoms. The third kappa shape index (κ3) is 2.09. The van der Waals surface area contributed by atoms with Gasteiger partial charge in [0.25, 0.3) is 5.92 Å². The average Bonchev–Trinajstić information content (AvgIpc) is 2.81. The lowest BCUT2D eigenvalue weighted by Gasteiger charge is -2.31. The van der Waals surface area contributed by atoms with E-state index in [0.717, 1.165) is 0 Å². The highest BCUT2D eigenvalue weighted by molar-refractivity contribution is 5.65. The number of hydrogen-bond acceptors (Lipinski definition) is 2. The molecule has 3 nitrogen and oxygen atoms in total. The Balaban J connectivity index is 2.16. The maximum Gasteiger partial charge on any atom is 0.280 e. The molecule has 114 valence electrons. The molecule has 0 aliphatic carbocycles. The Kier molecular flexibility index (Phi) is 3.26. The minimum atomic E-state index is -3.16. The molecular weight excluding hydrogens is 293 g/mol. The minimum absolute atomic E-state index is 0.0574. The van der Waals surface area contributed by atoms with E-state index >= 15 is 0 Å². The van der Waals surface area contributed by atoms with Gasteiger partial charge in [-0.25, -0.2) is 13.2 Å². The number of fused-ring (bicyclic) bond motifs is 1. The number of halogens is 3. The molecule has 0 spiro atoms. The molecule has 1 atom stereocenters. The number of nitriles is 1. The van der Waals surface area contributed by atoms with Crippen LogP contribution in [0.2, 0.25) is 0 Å². The maximum atomic E-state index is 13.7. The highest BCUT2D eigenvalue weighted by Crippen LogP contribution is 2.43. The third-order valence-corrected chi connectivity index (χ3v) is 4.05. The van der Waals surface area contributed by atoms with Gasteiger partial charge in [0.05, 0.1) is 11.3 Å². The van der Waals surface area contributed by atoms with Crippen LogP contribution in [-0.2, 0) is 6.54 Å². The Labute approximate surface area is 125 Å². The van der Waals surface area contributed by atoms with Crippen LogP contribution in [0.1, 0.15) is 29.3 Å². The molecule has 0 unspecified atom stereocenters. The van der Waals surface area contributed by atoms with Gasteiger partial charge in [0.15, 0.2) is 6.10 Å². The minimum Gasteiger partial charge on any atom is -0.381 e. The van der Waals surface area contributed by atoms with Gasteiger partial charge in [0, 0.05) is 18.7 Å². The van der Waals surface area contributed by atoms with Gasteiger partial charge in [0.1, 0.15) is 11.9 Å². The van der Waals surface area contributed by atoms with Crippen molar-refractivity contribution in [3.05, 3.63) is 46.9 Å². The van der Waals surface area contributed by atoms with Crippen molar-refractivity contribution >= 4 is 0 Å². The summed E-state index contributed by atoms with van der Waals surface area (Å²) in [6.45, 7) is 1.70. The van der Waals surface area contributed by atoms with Crippen molar-refractivity contribution in [3.63, 3.8) is 0 Å². The Bertz CT molecular complexity index is 789. The fraction of sp³-hybridized carbons (Fsp3) is 0.312. The van der Waals surface area contributed by atoms with Crippen LogP contribution in [0.25, 0.3) is 11.3 Å². The summed E-state index contributed by atoms with van der Waals surface area (Å²) in [5.74, 6) is -3.78.